The van der Waals surface area contributed by atoms with Crippen molar-refractivity contribution in [2.24, 2.45) is 0 Å². The normalized spacial score (nSPS) is 11.0. The number of hydrogen-bond donors (Lipinski definition) is 1. The first-order valence-electron chi connectivity index (χ1n) is 5.51. The van der Waals surface area contributed by atoms with Crippen LogP contribution >= 0.6 is 11.6 Å². The van der Waals surface area contributed by atoms with Crippen LogP contribution in [0, 0.1) is 6.92 Å². The molecule has 3 heterocycles. The number of fused-ring (bicyclic) bond motifs is 1. The van der Waals surface area contributed by atoms with Gasteiger partial charge in [0.15, 0.2) is 0 Å². The summed E-state index contributed by atoms with van der Waals surface area (Å²) in [5.74, 6) is 0.585. The van der Waals surface area contributed by atoms with Gasteiger partial charge in [0.25, 0.3) is 0 Å². The Kier molecular flexibility index (Phi) is 2.45. The molecule has 18 heavy (non-hydrogen) atoms. The van der Waals surface area contributed by atoms with Crippen molar-refractivity contribution in [1.29, 1.82) is 0 Å². The van der Waals surface area contributed by atoms with E-state index in [2.05, 4.69) is 9.97 Å². The Balaban J connectivity index is 2.33. The summed E-state index contributed by atoms with van der Waals surface area (Å²) in [6.45, 7) is 1.96. The highest BCUT2D eigenvalue weighted by Crippen LogP contribution is 2.28. The SMILES string of the molecule is Cc1cc(Cl)cn2c(N)c(-c3ccncc3)nc12. The van der Waals surface area contributed by atoms with Crippen molar-refractivity contribution < 1.29 is 0 Å². The Morgan fingerprint density at radius 1 is 1.28 bits per heavy atom. The Hall–Kier alpha value is -2.07. The van der Waals surface area contributed by atoms with Crippen molar-refractivity contribution in [2.45, 2.75) is 6.92 Å². The number of rotatable bonds is 1. The number of nitrogen functional groups attached to an aromatic ring is 1. The number of imidazole rings is 1. The van der Waals surface area contributed by atoms with Gasteiger partial charge in [0.2, 0.25) is 0 Å². The van der Waals surface area contributed by atoms with Crippen molar-refractivity contribution >= 4 is 23.1 Å². The molecular weight excluding hydrogens is 248 g/mol. The summed E-state index contributed by atoms with van der Waals surface area (Å²) in [4.78, 5) is 8.56. The average Bonchev–Trinajstić information content (AvgIpc) is 2.69. The van der Waals surface area contributed by atoms with E-state index in [-0.39, 0.29) is 0 Å². The quantitative estimate of drug-likeness (QED) is 0.730. The molecule has 0 saturated heterocycles. The Labute approximate surface area is 109 Å². The summed E-state index contributed by atoms with van der Waals surface area (Å²) in [5.41, 5.74) is 9.65. The molecule has 0 fully saturated rings. The predicted octanol–water partition coefficient (Wildman–Crippen LogP) is 2.94. The van der Waals surface area contributed by atoms with Gasteiger partial charge in [-0.25, -0.2) is 4.98 Å². The first kappa shape index (κ1) is 11.0. The van der Waals surface area contributed by atoms with E-state index >= 15 is 0 Å². The summed E-state index contributed by atoms with van der Waals surface area (Å²) >= 11 is 6.04. The lowest BCUT2D eigenvalue weighted by Gasteiger charge is -2.00. The first-order chi connectivity index (χ1) is 8.66. The number of halogens is 1. The molecule has 3 rings (SSSR count). The molecule has 0 aromatic carbocycles. The number of pyridine rings is 2. The van der Waals surface area contributed by atoms with Crippen LogP contribution in [0.3, 0.4) is 0 Å². The summed E-state index contributed by atoms with van der Waals surface area (Å²) in [6.07, 6.45) is 5.22. The second kappa shape index (κ2) is 3.99. The maximum Gasteiger partial charge on any atom is 0.142 e. The summed E-state index contributed by atoms with van der Waals surface area (Å²) in [6, 6.07) is 5.64. The zero-order valence-corrected chi connectivity index (χ0v) is 10.5. The number of anilines is 1. The fourth-order valence-corrected chi connectivity index (χ4v) is 2.27. The Bertz CT molecular complexity index is 719. The van der Waals surface area contributed by atoms with Crippen LogP contribution in [0.5, 0.6) is 0 Å². The molecule has 3 aromatic rings. The molecule has 90 valence electrons. The van der Waals surface area contributed by atoms with Crippen LogP contribution in [0.1, 0.15) is 5.56 Å². The second-order valence-electron chi connectivity index (χ2n) is 4.12. The predicted molar refractivity (Wildman–Crippen MR) is 72.6 cm³/mol. The van der Waals surface area contributed by atoms with Crippen LogP contribution in [-0.2, 0) is 0 Å². The third kappa shape index (κ3) is 1.62. The van der Waals surface area contributed by atoms with E-state index in [9.17, 15) is 0 Å². The lowest BCUT2D eigenvalue weighted by Crippen LogP contribution is -1.95. The molecular formula is C13H11ClN4. The topological polar surface area (TPSA) is 56.2 Å². The minimum atomic E-state index is 0.585. The van der Waals surface area contributed by atoms with Crippen molar-refractivity contribution in [1.82, 2.24) is 14.4 Å². The minimum absolute atomic E-state index is 0.585. The molecule has 0 amide bonds. The smallest absolute Gasteiger partial charge is 0.142 e. The lowest BCUT2D eigenvalue weighted by molar-refractivity contribution is 1.17. The molecule has 4 nitrogen and oxygen atoms in total. The van der Waals surface area contributed by atoms with Crippen molar-refractivity contribution in [3.8, 4) is 11.3 Å². The molecule has 0 radical (unpaired) electrons. The molecule has 0 spiro atoms. The molecule has 0 unspecified atom stereocenters. The number of aryl methyl sites for hydroxylation is 1. The van der Waals surface area contributed by atoms with Gasteiger partial charge < -0.3 is 5.73 Å². The highest BCUT2D eigenvalue weighted by Gasteiger charge is 2.13. The maximum atomic E-state index is 6.13. The van der Waals surface area contributed by atoms with Crippen molar-refractivity contribution in [3.05, 3.63) is 47.4 Å². The third-order valence-electron chi connectivity index (χ3n) is 2.86. The van der Waals surface area contributed by atoms with E-state index in [4.69, 9.17) is 17.3 Å². The molecule has 0 atom stereocenters. The molecule has 0 aliphatic rings. The highest BCUT2D eigenvalue weighted by molar-refractivity contribution is 6.30. The summed E-state index contributed by atoms with van der Waals surface area (Å²) in [5, 5.41) is 0.644. The molecule has 2 N–H and O–H groups in total. The van der Waals surface area contributed by atoms with Crippen LogP contribution in [-0.4, -0.2) is 14.4 Å². The summed E-state index contributed by atoms with van der Waals surface area (Å²) in [7, 11) is 0. The first-order valence-corrected chi connectivity index (χ1v) is 5.88. The van der Waals surface area contributed by atoms with Crippen LogP contribution in [0.25, 0.3) is 16.9 Å². The van der Waals surface area contributed by atoms with Gasteiger partial charge in [0.05, 0.1) is 5.02 Å². The molecule has 5 heteroatoms. The fraction of sp³-hybridized carbons (Fsp3) is 0.0769. The highest BCUT2D eigenvalue weighted by atomic mass is 35.5. The van der Waals surface area contributed by atoms with Gasteiger partial charge >= 0.3 is 0 Å². The molecule has 0 saturated carbocycles. The molecule has 3 aromatic heterocycles. The zero-order chi connectivity index (χ0) is 12.7. The van der Waals surface area contributed by atoms with Crippen LogP contribution in [0.4, 0.5) is 5.82 Å². The van der Waals surface area contributed by atoms with E-state index in [0.717, 1.165) is 22.5 Å². The lowest BCUT2D eigenvalue weighted by atomic mass is 10.2. The van der Waals surface area contributed by atoms with E-state index in [1.807, 2.05) is 29.5 Å². The Morgan fingerprint density at radius 3 is 2.72 bits per heavy atom. The minimum Gasteiger partial charge on any atom is -0.383 e. The monoisotopic (exact) mass is 258 g/mol. The van der Waals surface area contributed by atoms with E-state index in [0.29, 0.717) is 10.8 Å². The van der Waals surface area contributed by atoms with Gasteiger partial charge in [0.1, 0.15) is 17.2 Å². The van der Waals surface area contributed by atoms with E-state index < -0.39 is 0 Å². The van der Waals surface area contributed by atoms with Crippen molar-refractivity contribution in [2.75, 3.05) is 5.73 Å². The van der Waals surface area contributed by atoms with Gasteiger partial charge in [-0.3, -0.25) is 9.38 Å². The second-order valence-corrected chi connectivity index (χ2v) is 4.55. The average molecular weight is 259 g/mol. The third-order valence-corrected chi connectivity index (χ3v) is 3.07. The summed E-state index contributed by atoms with van der Waals surface area (Å²) < 4.78 is 1.81. The number of nitrogens with zero attached hydrogens (tertiary/aromatic N) is 3. The van der Waals surface area contributed by atoms with E-state index in [1.54, 1.807) is 18.6 Å². The number of hydrogen-bond acceptors (Lipinski definition) is 3. The largest absolute Gasteiger partial charge is 0.383 e. The molecule has 0 aliphatic heterocycles. The standard InChI is InChI=1S/C13H11ClN4/c1-8-6-10(14)7-18-12(15)11(17-13(8)18)9-2-4-16-5-3-9/h2-7H,15H2,1H3. The van der Waals surface area contributed by atoms with Crippen molar-refractivity contribution in [3.63, 3.8) is 0 Å². The van der Waals surface area contributed by atoms with E-state index in [1.165, 1.54) is 0 Å². The van der Waals surface area contributed by atoms with Gasteiger partial charge in [-0.2, -0.15) is 0 Å². The molecule has 0 aliphatic carbocycles. The Morgan fingerprint density at radius 2 is 2.00 bits per heavy atom. The van der Waals surface area contributed by atoms with Crippen LogP contribution in [0.15, 0.2) is 36.8 Å². The number of aromatic nitrogens is 3. The zero-order valence-electron chi connectivity index (χ0n) is 9.76. The van der Waals surface area contributed by atoms with Gasteiger partial charge in [-0.05, 0) is 30.7 Å². The van der Waals surface area contributed by atoms with Gasteiger partial charge in [-0.1, -0.05) is 11.6 Å². The number of nitrogens with two attached hydrogens (primary N) is 1. The van der Waals surface area contributed by atoms with Gasteiger partial charge in [-0.15, -0.1) is 0 Å². The maximum absolute atomic E-state index is 6.13. The van der Waals surface area contributed by atoms with Crippen LogP contribution in [0.2, 0.25) is 5.02 Å². The van der Waals surface area contributed by atoms with Gasteiger partial charge in [0, 0.05) is 24.2 Å². The molecule has 0 bridgehead atoms. The van der Waals surface area contributed by atoms with Crippen LogP contribution < -0.4 is 5.73 Å². The fourth-order valence-electron chi connectivity index (χ4n) is 2.01.